The van der Waals surface area contributed by atoms with Gasteiger partial charge >= 0.3 is 0 Å². The van der Waals surface area contributed by atoms with E-state index in [9.17, 15) is 0 Å². The van der Waals surface area contributed by atoms with Crippen molar-refractivity contribution in [2.45, 2.75) is 20.3 Å². The maximum atomic E-state index is 6.48. The number of aromatic nitrogens is 3. The summed E-state index contributed by atoms with van der Waals surface area (Å²) in [6, 6.07) is 9.67. The van der Waals surface area contributed by atoms with Crippen LogP contribution in [0, 0.1) is 13.8 Å². The quantitative estimate of drug-likeness (QED) is 0.663. The summed E-state index contributed by atoms with van der Waals surface area (Å²) in [5, 5.41) is 5.72. The Hall–Kier alpha value is -1.58. The lowest BCUT2D eigenvalue weighted by Crippen LogP contribution is -2.03. The molecule has 1 aromatic carbocycles. The zero-order valence-electron chi connectivity index (χ0n) is 11.2. The van der Waals surface area contributed by atoms with E-state index in [0.717, 1.165) is 33.2 Å². The van der Waals surface area contributed by atoms with Gasteiger partial charge in [0.1, 0.15) is 5.15 Å². The summed E-state index contributed by atoms with van der Waals surface area (Å²) >= 11 is 12.4. The standard InChI is InChI=1S/C15H13Cl2N3/c1-9-7-14-18-10(2)13(15(17)20(14)19-9)8-11-3-5-12(16)6-4-11/h3-7H,8H2,1-2H3. The van der Waals surface area contributed by atoms with Gasteiger partial charge in [0.05, 0.1) is 5.69 Å². The van der Waals surface area contributed by atoms with Crippen molar-refractivity contribution >= 4 is 28.8 Å². The van der Waals surface area contributed by atoms with Crippen molar-refractivity contribution in [3.8, 4) is 0 Å². The molecule has 3 rings (SSSR count). The normalized spacial score (nSPS) is 11.2. The summed E-state index contributed by atoms with van der Waals surface area (Å²) in [5.74, 6) is 0. The Kier molecular flexibility index (Phi) is 3.40. The largest absolute Gasteiger partial charge is 0.233 e. The van der Waals surface area contributed by atoms with Crippen LogP contribution in [-0.4, -0.2) is 14.6 Å². The highest BCUT2D eigenvalue weighted by Crippen LogP contribution is 2.24. The van der Waals surface area contributed by atoms with Gasteiger partial charge in [-0.25, -0.2) is 9.50 Å². The van der Waals surface area contributed by atoms with Crippen LogP contribution in [0.4, 0.5) is 0 Å². The summed E-state index contributed by atoms with van der Waals surface area (Å²) < 4.78 is 1.69. The summed E-state index contributed by atoms with van der Waals surface area (Å²) in [5.41, 5.74) is 4.75. The Bertz CT molecular complexity index is 776. The number of benzene rings is 1. The number of rotatable bonds is 2. The van der Waals surface area contributed by atoms with Crippen LogP contribution in [0.5, 0.6) is 0 Å². The fourth-order valence-electron chi connectivity index (χ4n) is 2.23. The number of halogens is 2. The third-order valence-electron chi connectivity index (χ3n) is 3.26. The van der Waals surface area contributed by atoms with Crippen LogP contribution in [0.15, 0.2) is 30.3 Å². The predicted molar refractivity (Wildman–Crippen MR) is 81.7 cm³/mol. The Morgan fingerprint density at radius 3 is 2.50 bits per heavy atom. The molecule has 0 aliphatic rings. The van der Waals surface area contributed by atoms with Crippen molar-refractivity contribution in [3.63, 3.8) is 0 Å². The molecule has 0 saturated carbocycles. The molecule has 0 aliphatic heterocycles. The second kappa shape index (κ2) is 5.08. The van der Waals surface area contributed by atoms with Gasteiger partial charge in [0.15, 0.2) is 5.65 Å². The molecule has 0 spiro atoms. The van der Waals surface area contributed by atoms with Gasteiger partial charge in [0.25, 0.3) is 0 Å². The maximum Gasteiger partial charge on any atom is 0.157 e. The minimum Gasteiger partial charge on any atom is -0.233 e. The van der Waals surface area contributed by atoms with Gasteiger partial charge in [-0.2, -0.15) is 5.10 Å². The molecule has 0 atom stereocenters. The molecular weight excluding hydrogens is 293 g/mol. The van der Waals surface area contributed by atoms with E-state index in [4.69, 9.17) is 23.2 Å². The molecule has 0 unspecified atom stereocenters. The zero-order valence-corrected chi connectivity index (χ0v) is 12.7. The molecule has 0 bridgehead atoms. The van der Waals surface area contributed by atoms with Crippen molar-refractivity contribution in [2.75, 3.05) is 0 Å². The van der Waals surface area contributed by atoms with Crippen LogP contribution < -0.4 is 0 Å². The average molecular weight is 306 g/mol. The van der Waals surface area contributed by atoms with E-state index in [1.807, 2.05) is 44.2 Å². The van der Waals surface area contributed by atoms with Gasteiger partial charge < -0.3 is 0 Å². The molecule has 2 heterocycles. The van der Waals surface area contributed by atoms with E-state index in [1.54, 1.807) is 4.52 Å². The minimum atomic E-state index is 0.621. The van der Waals surface area contributed by atoms with Gasteiger partial charge in [0, 0.05) is 28.8 Å². The molecule has 0 amide bonds. The average Bonchev–Trinajstić information content (AvgIpc) is 2.77. The lowest BCUT2D eigenvalue weighted by molar-refractivity contribution is 0.887. The van der Waals surface area contributed by atoms with E-state index < -0.39 is 0 Å². The van der Waals surface area contributed by atoms with Crippen LogP contribution in [0.1, 0.15) is 22.5 Å². The highest BCUT2D eigenvalue weighted by atomic mass is 35.5. The maximum absolute atomic E-state index is 6.48. The van der Waals surface area contributed by atoms with Gasteiger partial charge in [-0.15, -0.1) is 0 Å². The van der Waals surface area contributed by atoms with Gasteiger partial charge in [0.2, 0.25) is 0 Å². The third-order valence-corrected chi connectivity index (χ3v) is 3.90. The van der Waals surface area contributed by atoms with E-state index in [2.05, 4.69) is 10.1 Å². The van der Waals surface area contributed by atoms with Crippen molar-refractivity contribution in [1.82, 2.24) is 14.6 Å². The second-order valence-corrected chi connectivity index (χ2v) is 5.62. The summed E-state index contributed by atoms with van der Waals surface area (Å²) in [6.07, 6.45) is 0.712. The molecule has 0 saturated heterocycles. The smallest absolute Gasteiger partial charge is 0.157 e. The molecule has 0 fully saturated rings. The number of hydrogen-bond donors (Lipinski definition) is 0. The Balaban J connectivity index is 2.08. The fraction of sp³-hybridized carbons (Fsp3) is 0.200. The summed E-state index contributed by atoms with van der Waals surface area (Å²) in [7, 11) is 0. The molecule has 2 aromatic heterocycles. The van der Waals surface area contributed by atoms with Crippen molar-refractivity contribution < 1.29 is 0 Å². The topological polar surface area (TPSA) is 30.2 Å². The van der Waals surface area contributed by atoms with Gasteiger partial charge in [-0.3, -0.25) is 0 Å². The van der Waals surface area contributed by atoms with Gasteiger partial charge in [-0.05, 0) is 31.5 Å². The number of hydrogen-bond acceptors (Lipinski definition) is 2. The molecule has 102 valence electrons. The van der Waals surface area contributed by atoms with E-state index in [-0.39, 0.29) is 0 Å². The number of fused-ring (bicyclic) bond motifs is 1. The van der Waals surface area contributed by atoms with Crippen LogP contribution in [0.2, 0.25) is 10.2 Å². The van der Waals surface area contributed by atoms with E-state index in [1.165, 1.54) is 0 Å². The lowest BCUT2D eigenvalue weighted by Gasteiger charge is -2.09. The monoisotopic (exact) mass is 305 g/mol. The predicted octanol–water partition coefficient (Wildman–Crippen LogP) is 4.24. The minimum absolute atomic E-state index is 0.621. The number of aryl methyl sites for hydroxylation is 2. The Labute approximate surface area is 127 Å². The van der Waals surface area contributed by atoms with E-state index in [0.29, 0.717) is 11.6 Å². The third kappa shape index (κ3) is 2.39. The van der Waals surface area contributed by atoms with Gasteiger partial charge in [-0.1, -0.05) is 35.3 Å². The highest BCUT2D eigenvalue weighted by Gasteiger charge is 2.13. The first kappa shape index (κ1) is 13.4. The van der Waals surface area contributed by atoms with Crippen molar-refractivity contribution in [1.29, 1.82) is 0 Å². The van der Waals surface area contributed by atoms with Crippen molar-refractivity contribution in [3.05, 3.63) is 63.0 Å². The highest BCUT2D eigenvalue weighted by molar-refractivity contribution is 6.31. The molecule has 20 heavy (non-hydrogen) atoms. The SMILES string of the molecule is Cc1cc2nc(C)c(Cc3ccc(Cl)cc3)c(Cl)n2n1. The van der Waals surface area contributed by atoms with Crippen LogP contribution in [0.25, 0.3) is 5.65 Å². The molecule has 3 nitrogen and oxygen atoms in total. The summed E-state index contributed by atoms with van der Waals surface area (Å²) in [4.78, 5) is 4.56. The number of nitrogens with zero attached hydrogens (tertiary/aromatic N) is 3. The van der Waals surface area contributed by atoms with Crippen LogP contribution >= 0.6 is 23.2 Å². The second-order valence-electron chi connectivity index (χ2n) is 4.83. The van der Waals surface area contributed by atoms with Crippen molar-refractivity contribution in [2.24, 2.45) is 0 Å². The Morgan fingerprint density at radius 1 is 1.10 bits per heavy atom. The molecule has 3 aromatic rings. The fourth-order valence-corrected chi connectivity index (χ4v) is 2.69. The molecular formula is C15H13Cl2N3. The molecule has 0 aliphatic carbocycles. The summed E-state index contributed by atoms with van der Waals surface area (Å²) in [6.45, 7) is 3.90. The first-order valence-electron chi connectivity index (χ1n) is 6.30. The first-order valence-corrected chi connectivity index (χ1v) is 7.06. The van der Waals surface area contributed by atoms with Crippen LogP contribution in [0.3, 0.4) is 0 Å². The zero-order chi connectivity index (χ0) is 14.3. The molecule has 0 radical (unpaired) electrons. The molecule has 5 heteroatoms. The first-order chi connectivity index (χ1) is 9.54. The van der Waals surface area contributed by atoms with E-state index >= 15 is 0 Å². The molecule has 0 N–H and O–H groups in total. The Morgan fingerprint density at radius 2 is 1.80 bits per heavy atom. The van der Waals surface area contributed by atoms with Crippen LogP contribution in [-0.2, 0) is 6.42 Å². The lowest BCUT2D eigenvalue weighted by atomic mass is 10.1.